The molecule has 1 fully saturated rings. The van der Waals surface area contributed by atoms with Gasteiger partial charge in [0.05, 0.1) is 5.60 Å². The molecule has 10 heavy (non-hydrogen) atoms. The third-order valence-electron chi connectivity index (χ3n) is 2.22. The van der Waals surface area contributed by atoms with Gasteiger partial charge in [0.1, 0.15) is 5.78 Å². The lowest BCUT2D eigenvalue weighted by atomic mass is 10.0. The number of carbonyl (C=O) groups is 1. The van der Waals surface area contributed by atoms with Gasteiger partial charge in [-0.1, -0.05) is 0 Å². The summed E-state index contributed by atoms with van der Waals surface area (Å²) in [5.41, 5.74) is -0.656. The van der Waals surface area contributed by atoms with Crippen molar-refractivity contribution in [1.82, 2.24) is 0 Å². The normalized spacial score (nSPS) is 32.0. The molecule has 0 aromatic heterocycles. The van der Waals surface area contributed by atoms with Crippen molar-refractivity contribution < 1.29 is 9.90 Å². The Morgan fingerprint density at radius 1 is 1.60 bits per heavy atom. The van der Waals surface area contributed by atoms with Crippen molar-refractivity contribution in [1.29, 1.82) is 0 Å². The molecule has 1 saturated carbocycles. The molecule has 0 saturated heterocycles. The molecular formula is C8H14O2. The number of aliphatic hydroxyl groups is 1. The summed E-state index contributed by atoms with van der Waals surface area (Å²) in [6.07, 6.45) is 0.874. The van der Waals surface area contributed by atoms with Crippen LogP contribution in [0.3, 0.4) is 0 Å². The SMILES string of the molecule is CC(=O)[C@H]1C[C@H]1C(C)(C)O. The first kappa shape index (κ1) is 7.73. The van der Waals surface area contributed by atoms with E-state index in [4.69, 9.17) is 0 Å². The van der Waals surface area contributed by atoms with Crippen LogP contribution in [0.1, 0.15) is 27.2 Å². The van der Waals surface area contributed by atoms with E-state index in [1.54, 1.807) is 20.8 Å². The maximum atomic E-state index is 10.8. The summed E-state index contributed by atoms with van der Waals surface area (Å²) in [7, 11) is 0. The van der Waals surface area contributed by atoms with Gasteiger partial charge in [-0.15, -0.1) is 0 Å². The van der Waals surface area contributed by atoms with Gasteiger partial charge in [0.2, 0.25) is 0 Å². The van der Waals surface area contributed by atoms with Gasteiger partial charge in [0.15, 0.2) is 0 Å². The molecule has 0 radical (unpaired) electrons. The predicted octanol–water partition coefficient (Wildman–Crippen LogP) is 0.982. The average molecular weight is 142 g/mol. The van der Waals surface area contributed by atoms with E-state index in [1.165, 1.54) is 0 Å². The second-order valence-electron chi connectivity index (χ2n) is 3.71. The third kappa shape index (κ3) is 1.37. The molecular weight excluding hydrogens is 128 g/mol. The van der Waals surface area contributed by atoms with Gasteiger partial charge in [0.25, 0.3) is 0 Å². The Morgan fingerprint density at radius 3 is 2.20 bits per heavy atom. The van der Waals surface area contributed by atoms with E-state index in [9.17, 15) is 9.90 Å². The van der Waals surface area contributed by atoms with Crippen molar-refractivity contribution in [2.24, 2.45) is 11.8 Å². The Bertz CT molecular complexity index is 155. The summed E-state index contributed by atoms with van der Waals surface area (Å²) < 4.78 is 0. The molecule has 1 N–H and O–H groups in total. The number of hydrogen-bond donors (Lipinski definition) is 1. The molecule has 1 aliphatic carbocycles. The Kier molecular flexibility index (Phi) is 1.59. The van der Waals surface area contributed by atoms with Crippen molar-refractivity contribution in [3.63, 3.8) is 0 Å². The van der Waals surface area contributed by atoms with Crippen molar-refractivity contribution in [3.8, 4) is 0 Å². The summed E-state index contributed by atoms with van der Waals surface area (Å²) in [5, 5.41) is 9.42. The second-order valence-corrected chi connectivity index (χ2v) is 3.71. The van der Waals surface area contributed by atoms with E-state index in [1.807, 2.05) is 0 Å². The summed E-state index contributed by atoms with van der Waals surface area (Å²) in [6, 6.07) is 0. The monoisotopic (exact) mass is 142 g/mol. The van der Waals surface area contributed by atoms with E-state index in [0.29, 0.717) is 0 Å². The van der Waals surface area contributed by atoms with Gasteiger partial charge in [-0.3, -0.25) is 4.79 Å². The minimum absolute atomic E-state index is 0.139. The zero-order valence-corrected chi connectivity index (χ0v) is 6.72. The summed E-state index contributed by atoms with van der Waals surface area (Å²) in [5.74, 6) is 0.567. The Morgan fingerprint density at radius 2 is 2.10 bits per heavy atom. The molecule has 58 valence electrons. The minimum atomic E-state index is -0.656. The molecule has 0 spiro atoms. The van der Waals surface area contributed by atoms with Gasteiger partial charge in [-0.2, -0.15) is 0 Å². The number of ketones is 1. The highest BCUT2D eigenvalue weighted by molar-refractivity contribution is 5.81. The molecule has 2 nitrogen and oxygen atoms in total. The van der Waals surface area contributed by atoms with E-state index in [0.717, 1.165) is 6.42 Å². The summed E-state index contributed by atoms with van der Waals surface area (Å²) in [4.78, 5) is 10.8. The highest BCUT2D eigenvalue weighted by atomic mass is 16.3. The fraction of sp³-hybridized carbons (Fsp3) is 0.875. The van der Waals surface area contributed by atoms with Gasteiger partial charge >= 0.3 is 0 Å². The van der Waals surface area contributed by atoms with E-state index in [-0.39, 0.29) is 17.6 Å². The first-order chi connectivity index (χ1) is 4.43. The van der Waals surface area contributed by atoms with Crippen molar-refractivity contribution in [2.75, 3.05) is 0 Å². The zero-order valence-electron chi connectivity index (χ0n) is 6.72. The van der Waals surface area contributed by atoms with Gasteiger partial charge in [-0.05, 0) is 33.1 Å². The van der Waals surface area contributed by atoms with Crippen LogP contribution >= 0.6 is 0 Å². The maximum Gasteiger partial charge on any atom is 0.133 e. The first-order valence-corrected chi connectivity index (χ1v) is 3.65. The molecule has 2 heteroatoms. The van der Waals surface area contributed by atoms with Crippen LogP contribution in [0.15, 0.2) is 0 Å². The van der Waals surface area contributed by atoms with Crippen LogP contribution in [0, 0.1) is 11.8 Å². The van der Waals surface area contributed by atoms with Crippen molar-refractivity contribution in [3.05, 3.63) is 0 Å². The highest BCUT2D eigenvalue weighted by Gasteiger charge is 2.49. The predicted molar refractivity (Wildman–Crippen MR) is 38.6 cm³/mol. The largest absolute Gasteiger partial charge is 0.390 e. The van der Waals surface area contributed by atoms with Crippen molar-refractivity contribution >= 4 is 5.78 Å². The van der Waals surface area contributed by atoms with E-state index >= 15 is 0 Å². The molecule has 0 aliphatic heterocycles. The first-order valence-electron chi connectivity index (χ1n) is 3.65. The molecule has 2 atom stereocenters. The summed E-state index contributed by atoms with van der Waals surface area (Å²) in [6.45, 7) is 5.12. The molecule has 1 aliphatic rings. The van der Waals surface area contributed by atoms with Gasteiger partial charge in [-0.25, -0.2) is 0 Å². The zero-order chi connectivity index (χ0) is 7.94. The molecule has 0 heterocycles. The van der Waals surface area contributed by atoms with Crippen LogP contribution in [0.4, 0.5) is 0 Å². The van der Waals surface area contributed by atoms with Crippen LogP contribution in [0.2, 0.25) is 0 Å². The van der Waals surface area contributed by atoms with Crippen LogP contribution in [0.25, 0.3) is 0 Å². The fourth-order valence-electron chi connectivity index (χ4n) is 1.43. The third-order valence-corrected chi connectivity index (χ3v) is 2.22. The minimum Gasteiger partial charge on any atom is -0.390 e. The van der Waals surface area contributed by atoms with Crippen LogP contribution in [-0.2, 0) is 4.79 Å². The Hall–Kier alpha value is -0.370. The Balaban J connectivity index is 2.46. The van der Waals surface area contributed by atoms with Gasteiger partial charge in [0, 0.05) is 5.92 Å². The smallest absolute Gasteiger partial charge is 0.133 e. The summed E-state index contributed by atoms with van der Waals surface area (Å²) >= 11 is 0. The maximum absolute atomic E-state index is 10.8. The lowest BCUT2D eigenvalue weighted by Crippen LogP contribution is -2.23. The fourth-order valence-corrected chi connectivity index (χ4v) is 1.43. The Labute approximate surface area is 61.2 Å². The van der Waals surface area contributed by atoms with Crippen LogP contribution in [-0.4, -0.2) is 16.5 Å². The van der Waals surface area contributed by atoms with Crippen LogP contribution < -0.4 is 0 Å². The quantitative estimate of drug-likeness (QED) is 0.624. The average Bonchev–Trinajstić information content (AvgIpc) is 2.35. The molecule has 0 aromatic carbocycles. The molecule has 0 amide bonds. The molecule has 0 bridgehead atoms. The topological polar surface area (TPSA) is 37.3 Å². The molecule has 0 aromatic rings. The standard InChI is InChI=1S/C8H14O2/c1-5(9)6-4-7(6)8(2,3)10/h6-7,10H,4H2,1-3H3/t6-,7-/m1/s1. The number of Topliss-reactive ketones (excluding diaryl/α,β-unsaturated/α-hetero) is 1. The van der Waals surface area contributed by atoms with Gasteiger partial charge < -0.3 is 5.11 Å². The lowest BCUT2D eigenvalue weighted by Gasteiger charge is -2.15. The van der Waals surface area contributed by atoms with E-state index in [2.05, 4.69) is 0 Å². The lowest BCUT2D eigenvalue weighted by molar-refractivity contribution is -0.119. The molecule has 1 rings (SSSR count). The van der Waals surface area contributed by atoms with Crippen LogP contribution in [0.5, 0.6) is 0 Å². The number of rotatable bonds is 2. The molecule has 0 unspecified atom stereocenters. The van der Waals surface area contributed by atoms with E-state index < -0.39 is 5.60 Å². The second kappa shape index (κ2) is 2.06. The number of carbonyl (C=O) groups excluding carboxylic acids is 1. The number of hydrogen-bond acceptors (Lipinski definition) is 2. The highest BCUT2D eigenvalue weighted by Crippen LogP contribution is 2.46. The van der Waals surface area contributed by atoms with Crippen molar-refractivity contribution in [2.45, 2.75) is 32.8 Å².